The Morgan fingerprint density at radius 1 is 0.360 bits per heavy atom. The second-order valence-electron chi connectivity index (χ2n) is 18.3. The fourth-order valence-corrected chi connectivity index (χ4v) is 11.0. The third kappa shape index (κ3) is 9.48. The summed E-state index contributed by atoms with van der Waals surface area (Å²) in [7, 11) is -1.65. The number of furan rings is 1. The number of halogens is 3. The lowest BCUT2D eigenvalue weighted by Gasteiger charge is -2.34. The summed E-state index contributed by atoms with van der Waals surface area (Å²) in [4.78, 5) is 4.67. The molecule has 0 bridgehead atoms. The van der Waals surface area contributed by atoms with E-state index in [1.165, 1.54) is 0 Å². The summed E-state index contributed by atoms with van der Waals surface area (Å²) >= 11 is 15.0. The first-order chi connectivity index (χ1) is 36.8. The van der Waals surface area contributed by atoms with Gasteiger partial charge in [0, 0.05) is 69.7 Å². The zero-order valence-electron chi connectivity index (χ0n) is 40.2. The summed E-state index contributed by atoms with van der Waals surface area (Å²) in [5.41, 5.74) is 17.5. The number of fused-ring (bicyclic) bond motifs is 3. The van der Waals surface area contributed by atoms with Crippen LogP contribution in [0.1, 0.15) is 0 Å². The lowest BCUT2D eigenvalue weighted by atomic mass is 9.77. The number of rotatable bonds is 12. The van der Waals surface area contributed by atoms with Gasteiger partial charge in [0.05, 0.1) is 11.4 Å². The van der Waals surface area contributed by atoms with Gasteiger partial charge in [-0.05, 0) is 130 Å². The largest absolute Gasteiger partial charge is 0.489 e. The Kier molecular flexibility index (Phi) is 13.3. The van der Waals surface area contributed by atoms with Crippen molar-refractivity contribution in [3.8, 4) is 55.6 Å². The standard InChI is InChI=1S/C66H44BBr2ClN2O3/c68-49-29-33-52(34-30-49)71(65-56(43-14-4-1-5-15-43)22-11-23-57(65)44-16-6-2-7-17-44)54-40-51(70)41-55(42-54)72(53-35-31-50(69)32-36-53)66-58(45-18-8-3-9-19-45)24-12-25-59(66)48-21-10-20-46(38-48)47-28-37-62-60(39-47)64-61(67(73)74)26-13-27-63(64)75-62/h1-42,73-74H. The summed E-state index contributed by atoms with van der Waals surface area (Å²) in [6.45, 7) is 0. The average molecular weight is 1120 g/mol. The second-order valence-corrected chi connectivity index (χ2v) is 20.5. The maximum atomic E-state index is 10.4. The van der Waals surface area contributed by atoms with Crippen LogP contribution >= 0.6 is 43.5 Å². The van der Waals surface area contributed by atoms with E-state index in [-0.39, 0.29) is 0 Å². The molecule has 2 N–H and O–H groups in total. The average Bonchev–Trinajstić information content (AvgIpc) is 3.85. The van der Waals surface area contributed by atoms with Gasteiger partial charge in [0.25, 0.3) is 0 Å². The number of hydrogen-bond donors (Lipinski definition) is 2. The quantitative estimate of drug-likeness (QED) is 0.119. The van der Waals surface area contributed by atoms with E-state index in [9.17, 15) is 10.0 Å². The van der Waals surface area contributed by atoms with Gasteiger partial charge in [0.15, 0.2) is 0 Å². The zero-order chi connectivity index (χ0) is 51.0. The van der Waals surface area contributed by atoms with E-state index < -0.39 is 7.12 Å². The van der Waals surface area contributed by atoms with Crippen molar-refractivity contribution in [3.63, 3.8) is 0 Å². The molecule has 12 aromatic rings. The van der Waals surface area contributed by atoms with E-state index in [4.69, 9.17) is 16.0 Å². The Bertz CT molecular complexity index is 3970. The van der Waals surface area contributed by atoms with Gasteiger partial charge in [-0.3, -0.25) is 0 Å². The van der Waals surface area contributed by atoms with Crippen molar-refractivity contribution in [1.29, 1.82) is 0 Å². The van der Waals surface area contributed by atoms with Gasteiger partial charge in [-0.2, -0.15) is 0 Å². The highest BCUT2D eigenvalue weighted by Gasteiger charge is 2.27. The van der Waals surface area contributed by atoms with Crippen molar-refractivity contribution in [2.75, 3.05) is 9.80 Å². The van der Waals surface area contributed by atoms with Crippen LogP contribution in [0.4, 0.5) is 34.1 Å². The van der Waals surface area contributed by atoms with Gasteiger partial charge in [0.2, 0.25) is 0 Å². The van der Waals surface area contributed by atoms with Crippen molar-refractivity contribution in [3.05, 3.63) is 269 Å². The molecular formula is C66H44BBr2ClN2O3. The highest BCUT2D eigenvalue weighted by atomic mass is 79.9. The summed E-state index contributed by atoms with van der Waals surface area (Å²) in [6.07, 6.45) is 0. The molecule has 0 aliphatic heterocycles. The molecule has 0 saturated carbocycles. The molecular weight excluding hydrogens is 1070 g/mol. The fourth-order valence-electron chi connectivity index (χ4n) is 10.3. The summed E-state index contributed by atoms with van der Waals surface area (Å²) in [5.74, 6) is 0. The molecule has 0 radical (unpaired) electrons. The second kappa shape index (κ2) is 20.8. The van der Waals surface area contributed by atoms with E-state index in [0.717, 1.165) is 104 Å². The molecule has 9 heteroatoms. The third-order valence-electron chi connectivity index (χ3n) is 13.6. The topological polar surface area (TPSA) is 60.1 Å². The van der Waals surface area contributed by atoms with Crippen LogP contribution in [0.2, 0.25) is 5.02 Å². The van der Waals surface area contributed by atoms with Crippen LogP contribution < -0.4 is 15.3 Å². The Balaban J connectivity index is 1.10. The predicted octanol–water partition coefficient (Wildman–Crippen LogP) is 18.7. The van der Waals surface area contributed by atoms with E-state index in [0.29, 0.717) is 27.0 Å². The first-order valence-electron chi connectivity index (χ1n) is 24.5. The van der Waals surface area contributed by atoms with Crippen LogP contribution in [-0.2, 0) is 0 Å². The predicted molar refractivity (Wildman–Crippen MR) is 321 cm³/mol. The van der Waals surface area contributed by atoms with Gasteiger partial charge in [-0.1, -0.05) is 207 Å². The number of benzene rings is 11. The van der Waals surface area contributed by atoms with E-state index in [1.807, 2.05) is 18.2 Å². The Morgan fingerprint density at radius 2 is 0.787 bits per heavy atom. The fraction of sp³-hybridized carbons (Fsp3) is 0. The molecule has 1 heterocycles. The number of nitrogens with zero attached hydrogens (tertiary/aromatic N) is 2. The third-order valence-corrected chi connectivity index (χ3v) is 14.9. The maximum absolute atomic E-state index is 10.4. The van der Waals surface area contributed by atoms with Crippen molar-refractivity contribution in [2.45, 2.75) is 0 Å². The van der Waals surface area contributed by atoms with E-state index in [1.54, 1.807) is 12.1 Å². The molecule has 75 heavy (non-hydrogen) atoms. The Labute approximate surface area is 457 Å². The van der Waals surface area contributed by atoms with Crippen molar-refractivity contribution >= 4 is 112 Å². The molecule has 0 unspecified atom stereocenters. The highest BCUT2D eigenvalue weighted by molar-refractivity contribution is 9.10. The van der Waals surface area contributed by atoms with Gasteiger partial charge < -0.3 is 24.3 Å². The Morgan fingerprint density at radius 3 is 1.28 bits per heavy atom. The van der Waals surface area contributed by atoms with Crippen LogP contribution in [0.15, 0.2) is 268 Å². The van der Waals surface area contributed by atoms with Gasteiger partial charge in [-0.15, -0.1) is 0 Å². The van der Waals surface area contributed by atoms with Crippen LogP contribution in [0.3, 0.4) is 0 Å². The minimum absolute atomic E-state index is 0.397. The van der Waals surface area contributed by atoms with E-state index in [2.05, 4.69) is 266 Å². The van der Waals surface area contributed by atoms with E-state index >= 15 is 0 Å². The van der Waals surface area contributed by atoms with Crippen molar-refractivity contribution < 1.29 is 14.5 Å². The summed E-state index contributed by atoms with van der Waals surface area (Å²) in [5, 5.41) is 22.8. The van der Waals surface area contributed by atoms with Crippen molar-refractivity contribution in [2.24, 2.45) is 0 Å². The number of anilines is 6. The van der Waals surface area contributed by atoms with Crippen LogP contribution in [-0.4, -0.2) is 17.2 Å². The molecule has 0 amide bonds. The smallest absolute Gasteiger partial charge is 0.456 e. The van der Waals surface area contributed by atoms with Crippen molar-refractivity contribution in [1.82, 2.24) is 0 Å². The molecule has 5 nitrogen and oxygen atoms in total. The van der Waals surface area contributed by atoms with Crippen LogP contribution in [0.5, 0.6) is 0 Å². The molecule has 0 aliphatic rings. The molecule has 12 rings (SSSR count). The normalized spacial score (nSPS) is 11.3. The minimum atomic E-state index is -1.65. The van der Waals surface area contributed by atoms with Gasteiger partial charge >= 0.3 is 7.12 Å². The first-order valence-corrected chi connectivity index (χ1v) is 26.5. The highest BCUT2D eigenvalue weighted by Crippen LogP contribution is 2.52. The number of hydrogen-bond acceptors (Lipinski definition) is 5. The molecule has 360 valence electrons. The molecule has 0 fully saturated rings. The zero-order valence-corrected chi connectivity index (χ0v) is 44.1. The molecule has 11 aromatic carbocycles. The SMILES string of the molecule is OB(O)c1cccc2oc3ccc(-c4cccc(-c5cccc(-c6ccccc6)c5N(c5ccc(Br)cc5)c5cc(Cl)cc(N(c6ccc(Br)cc6)c6c(-c7ccccc7)cccc6-c6ccccc6)c5)c4)cc3c12. The van der Waals surface area contributed by atoms with Crippen LogP contribution in [0.25, 0.3) is 77.6 Å². The van der Waals surface area contributed by atoms with Crippen LogP contribution in [0, 0.1) is 0 Å². The minimum Gasteiger partial charge on any atom is -0.456 e. The lowest BCUT2D eigenvalue weighted by molar-refractivity contribution is 0.426. The lowest BCUT2D eigenvalue weighted by Crippen LogP contribution is -2.30. The first kappa shape index (κ1) is 48.0. The molecule has 1 aromatic heterocycles. The Hall–Kier alpha value is -7.95. The monoisotopic (exact) mass is 1120 g/mol. The molecule has 0 atom stereocenters. The van der Waals surface area contributed by atoms with Gasteiger partial charge in [0.1, 0.15) is 11.2 Å². The number of para-hydroxylation sites is 2. The molecule has 0 spiro atoms. The van der Waals surface area contributed by atoms with Gasteiger partial charge in [-0.25, -0.2) is 0 Å². The maximum Gasteiger partial charge on any atom is 0.489 e. The summed E-state index contributed by atoms with van der Waals surface area (Å²) in [6, 6.07) is 87.9. The molecule has 0 saturated heterocycles. The summed E-state index contributed by atoms with van der Waals surface area (Å²) < 4.78 is 8.14. The molecule has 0 aliphatic carbocycles.